The lowest BCUT2D eigenvalue weighted by molar-refractivity contribution is -0.384. The minimum Gasteiger partial charge on any atom is -0.487 e. The number of ketones is 1. The van der Waals surface area contributed by atoms with Crippen molar-refractivity contribution in [1.82, 2.24) is 15.0 Å². The molecule has 0 N–H and O–H groups in total. The standard InChI is InChI=1S/C25H20N4O4/c30-25(15-8-19-6-11-23(12-7-19)29(31)32)21-9-13-24(14-10-21)33-18-22-17-28(27-26-22)16-20-4-2-1-3-5-20/h1-15,17H,16,18H2/b15-8+. The Hall–Kier alpha value is -4.59. The van der Waals surface area contributed by atoms with Crippen molar-refractivity contribution >= 4 is 17.5 Å². The van der Waals surface area contributed by atoms with Gasteiger partial charge in [0.25, 0.3) is 5.69 Å². The molecule has 1 aromatic heterocycles. The first-order valence-electron chi connectivity index (χ1n) is 10.2. The van der Waals surface area contributed by atoms with Crippen molar-refractivity contribution < 1.29 is 14.5 Å². The van der Waals surface area contributed by atoms with E-state index in [4.69, 9.17) is 4.74 Å². The van der Waals surface area contributed by atoms with Crippen LogP contribution in [0.3, 0.4) is 0 Å². The van der Waals surface area contributed by atoms with E-state index in [0.717, 1.165) is 5.56 Å². The number of rotatable bonds is 9. The van der Waals surface area contributed by atoms with E-state index in [1.54, 1.807) is 47.2 Å². The number of nitro benzene ring substituents is 1. The molecule has 0 unspecified atom stereocenters. The van der Waals surface area contributed by atoms with E-state index >= 15 is 0 Å². The fourth-order valence-electron chi connectivity index (χ4n) is 3.10. The molecule has 3 aromatic carbocycles. The summed E-state index contributed by atoms with van der Waals surface area (Å²) in [6.45, 7) is 0.903. The molecule has 0 amide bonds. The summed E-state index contributed by atoms with van der Waals surface area (Å²) in [5.74, 6) is 0.437. The summed E-state index contributed by atoms with van der Waals surface area (Å²) in [5, 5.41) is 19.0. The molecule has 0 spiro atoms. The first-order valence-corrected chi connectivity index (χ1v) is 10.2. The zero-order valence-electron chi connectivity index (χ0n) is 17.6. The van der Waals surface area contributed by atoms with Gasteiger partial charge in [0.1, 0.15) is 18.1 Å². The Balaban J connectivity index is 1.30. The van der Waals surface area contributed by atoms with Gasteiger partial charge in [-0.1, -0.05) is 41.6 Å². The SMILES string of the molecule is O=C(/C=C/c1ccc([N+](=O)[O-])cc1)c1ccc(OCc2cn(Cc3ccccc3)nn2)cc1. The number of benzene rings is 3. The number of allylic oxidation sites excluding steroid dienone is 1. The van der Waals surface area contributed by atoms with Crippen LogP contribution in [-0.4, -0.2) is 25.7 Å². The summed E-state index contributed by atoms with van der Waals surface area (Å²) < 4.78 is 7.51. The number of nitrogens with zero attached hydrogens (tertiary/aromatic N) is 4. The second kappa shape index (κ2) is 10.1. The summed E-state index contributed by atoms with van der Waals surface area (Å²) in [6, 6.07) is 22.8. The lowest BCUT2D eigenvalue weighted by Gasteiger charge is -2.04. The van der Waals surface area contributed by atoms with Crippen molar-refractivity contribution in [2.45, 2.75) is 13.2 Å². The third kappa shape index (κ3) is 5.98. The van der Waals surface area contributed by atoms with Crippen LogP contribution in [0.5, 0.6) is 5.75 Å². The van der Waals surface area contributed by atoms with Gasteiger partial charge in [-0.3, -0.25) is 14.9 Å². The quantitative estimate of drug-likeness (QED) is 0.162. The molecule has 0 atom stereocenters. The third-order valence-corrected chi connectivity index (χ3v) is 4.83. The van der Waals surface area contributed by atoms with E-state index in [9.17, 15) is 14.9 Å². The summed E-state index contributed by atoms with van der Waals surface area (Å²) in [5.41, 5.74) is 3.06. The lowest BCUT2D eigenvalue weighted by atomic mass is 10.1. The number of nitro groups is 1. The molecule has 4 aromatic rings. The van der Waals surface area contributed by atoms with Crippen molar-refractivity contribution in [2.75, 3.05) is 0 Å². The fraction of sp³-hybridized carbons (Fsp3) is 0.0800. The van der Waals surface area contributed by atoms with Crippen molar-refractivity contribution in [2.24, 2.45) is 0 Å². The third-order valence-electron chi connectivity index (χ3n) is 4.83. The highest BCUT2D eigenvalue weighted by molar-refractivity contribution is 6.06. The molecule has 0 aliphatic rings. The Morgan fingerprint density at radius 2 is 1.73 bits per heavy atom. The molecule has 0 fully saturated rings. The highest BCUT2D eigenvalue weighted by Crippen LogP contribution is 2.16. The van der Waals surface area contributed by atoms with Crippen molar-refractivity contribution in [3.05, 3.63) is 124 Å². The molecular weight excluding hydrogens is 420 g/mol. The number of hydrogen-bond acceptors (Lipinski definition) is 6. The van der Waals surface area contributed by atoms with Gasteiger partial charge in [-0.25, -0.2) is 4.68 Å². The molecule has 0 radical (unpaired) electrons. The number of carbonyl (C=O) groups is 1. The topological polar surface area (TPSA) is 100 Å². The van der Waals surface area contributed by atoms with Crippen LogP contribution in [-0.2, 0) is 13.2 Å². The van der Waals surface area contributed by atoms with Crippen LogP contribution in [0.15, 0.2) is 91.1 Å². The number of hydrogen-bond donors (Lipinski definition) is 0. The van der Waals surface area contributed by atoms with Crippen molar-refractivity contribution in [3.63, 3.8) is 0 Å². The molecule has 8 heteroatoms. The minimum atomic E-state index is -0.463. The number of aromatic nitrogens is 3. The van der Waals surface area contributed by atoms with Gasteiger partial charge in [0, 0.05) is 17.7 Å². The molecule has 0 aliphatic carbocycles. The van der Waals surface area contributed by atoms with Crippen LogP contribution >= 0.6 is 0 Å². The van der Waals surface area contributed by atoms with Crippen molar-refractivity contribution in [3.8, 4) is 5.75 Å². The van der Waals surface area contributed by atoms with Gasteiger partial charge >= 0.3 is 0 Å². The Labute approximate surface area is 189 Å². The molecule has 1 heterocycles. The van der Waals surface area contributed by atoms with E-state index < -0.39 is 4.92 Å². The number of carbonyl (C=O) groups excluding carboxylic acids is 1. The smallest absolute Gasteiger partial charge is 0.269 e. The Morgan fingerprint density at radius 3 is 2.42 bits per heavy atom. The predicted octanol–water partition coefficient (Wildman–Crippen LogP) is 4.71. The highest BCUT2D eigenvalue weighted by Gasteiger charge is 2.06. The van der Waals surface area contributed by atoms with Crippen LogP contribution < -0.4 is 4.74 Å². The lowest BCUT2D eigenvalue weighted by Crippen LogP contribution is -2.00. The molecular formula is C25H20N4O4. The van der Waals surface area contributed by atoms with Crippen LogP contribution in [0, 0.1) is 10.1 Å². The average Bonchev–Trinajstić information content (AvgIpc) is 3.29. The molecule has 8 nitrogen and oxygen atoms in total. The minimum absolute atomic E-state index is 0.00723. The Bertz CT molecular complexity index is 1260. The maximum atomic E-state index is 12.4. The molecule has 0 aliphatic heterocycles. The first kappa shape index (κ1) is 21.6. The van der Waals surface area contributed by atoms with Crippen LogP contribution in [0.1, 0.15) is 27.2 Å². The van der Waals surface area contributed by atoms with Crippen molar-refractivity contribution in [1.29, 1.82) is 0 Å². The van der Waals surface area contributed by atoms with Gasteiger partial charge in [-0.05, 0) is 53.6 Å². The number of ether oxygens (including phenoxy) is 1. The van der Waals surface area contributed by atoms with E-state index in [2.05, 4.69) is 10.3 Å². The molecule has 164 valence electrons. The fourth-order valence-corrected chi connectivity index (χ4v) is 3.10. The summed E-state index contributed by atoms with van der Waals surface area (Å²) in [4.78, 5) is 22.6. The molecule has 33 heavy (non-hydrogen) atoms. The second-order valence-corrected chi connectivity index (χ2v) is 7.25. The molecule has 4 rings (SSSR count). The monoisotopic (exact) mass is 440 g/mol. The maximum Gasteiger partial charge on any atom is 0.269 e. The highest BCUT2D eigenvalue weighted by atomic mass is 16.6. The van der Waals surface area contributed by atoms with Crippen LogP contribution in [0.2, 0.25) is 0 Å². The van der Waals surface area contributed by atoms with Gasteiger partial charge in [0.15, 0.2) is 5.78 Å². The molecule has 0 saturated carbocycles. The predicted molar refractivity (Wildman–Crippen MR) is 123 cm³/mol. The van der Waals surface area contributed by atoms with Crippen LogP contribution in [0.25, 0.3) is 6.08 Å². The summed E-state index contributed by atoms with van der Waals surface area (Å²) >= 11 is 0. The average molecular weight is 440 g/mol. The van der Waals surface area contributed by atoms with Gasteiger partial charge < -0.3 is 4.74 Å². The zero-order chi connectivity index (χ0) is 23.0. The zero-order valence-corrected chi connectivity index (χ0v) is 17.6. The van der Waals surface area contributed by atoms with E-state index in [1.807, 2.05) is 36.5 Å². The van der Waals surface area contributed by atoms with E-state index in [1.165, 1.54) is 18.2 Å². The normalized spacial score (nSPS) is 10.9. The van der Waals surface area contributed by atoms with Gasteiger partial charge in [0.05, 0.1) is 17.7 Å². The molecule has 0 bridgehead atoms. The van der Waals surface area contributed by atoms with Gasteiger partial charge in [-0.2, -0.15) is 0 Å². The van der Waals surface area contributed by atoms with E-state index in [-0.39, 0.29) is 18.1 Å². The summed E-state index contributed by atoms with van der Waals surface area (Å²) in [7, 11) is 0. The Kier molecular flexibility index (Phi) is 6.65. The first-order chi connectivity index (χ1) is 16.1. The summed E-state index contributed by atoms with van der Waals surface area (Å²) in [6.07, 6.45) is 4.89. The second-order valence-electron chi connectivity index (χ2n) is 7.25. The largest absolute Gasteiger partial charge is 0.487 e. The van der Waals surface area contributed by atoms with Gasteiger partial charge in [-0.15, -0.1) is 5.10 Å². The number of non-ortho nitro benzene ring substituents is 1. The Morgan fingerprint density at radius 1 is 1.00 bits per heavy atom. The molecule has 0 saturated heterocycles. The van der Waals surface area contributed by atoms with E-state index in [0.29, 0.717) is 29.1 Å². The van der Waals surface area contributed by atoms with Gasteiger partial charge in [0.2, 0.25) is 0 Å². The van der Waals surface area contributed by atoms with Crippen LogP contribution in [0.4, 0.5) is 5.69 Å². The maximum absolute atomic E-state index is 12.4.